The Morgan fingerprint density at radius 2 is 1.86 bits per heavy atom. The lowest BCUT2D eigenvalue weighted by Crippen LogP contribution is -2.26. The molecule has 0 aromatic carbocycles. The van der Waals surface area contributed by atoms with Gasteiger partial charge in [0, 0.05) is 11.5 Å². The molecule has 1 heterocycles. The average molecular weight is 250 g/mol. The molecule has 0 aromatic heterocycles. The lowest BCUT2D eigenvalue weighted by Gasteiger charge is -2.22. The molecule has 0 unspecified atom stereocenters. The number of thioether (sulfide) groups is 2. The summed E-state index contributed by atoms with van der Waals surface area (Å²) in [6.45, 7) is 9.22. The quantitative estimate of drug-likeness (QED) is 0.561. The van der Waals surface area contributed by atoms with Gasteiger partial charge in [0.2, 0.25) is 8.32 Å². The molecule has 1 aliphatic heterocycles. The highest BCUT2D eigenvalue weighted by Gasteiger charge is 2.23. The molecule has 14 heavy (non-hydrogen) atoms. The average Bonchev–Trinajstić information content (AvgIpc) is 2.52. The lowest BCUT2D eigenvalue weighted by molar-refractivity contribution is 0.113. The van der Waals surface area contributed by atoms with Crippen molar-refractivity contribution in [3.05, 3.63) is 10.2 Å². The predicted octanol–water partition coefficient (Wildman–Crippen LogP) is 3.48. The zero-order chi connectivity index (χ0) is 10.6. The van der Waals surface area contributed by atoms with Crippen LogP contribution in [0.5, 0.6) is 0 Å². The van der Waals surface area contributed by atoms with E-state index in [2.05, 4.69) is 19.6 Å². The van der Waals surface area contributed by atoms with Gasteiger partial charge in [0.25, 0.3) is 5.95 Å². The van der Waals surface area contributed by atoms with E-state index in [9.17, 15) is 0 Å². The molecule has 0 N–H and O–H groups in total. The Morgan fingerprint density at radius 1 is 1.29 bits per heavy atom. The summed E-state index contributed by atoms with van der Waals surface area (Å²) in [5, 5.41) is 0. The molecule has 0 bridgehead atoms. The zero-order valence-corrected chi connectivity index (χ0v) is 11.9. The fourth-order valence-corrected chi connectivity index (χ4v) is 4.14. The second kappa shape index (κ2) is 5.37. The fraction of sp³-hybridized carbons (Fsp3) is 0.778. The van der Waals surface area contributed by atoms with Crippen LogP contribution in [0.2, 0.25) is 19.6 Å². The Balaban J connectivity index is 2.67. The smallest absolute Gasteiger partial charge is 0.286 e. The van der Waals surface area contributed by atoms with Crippen LogP contribution >= 0.6 is 23.5 Å². The summed E-state index contributed by atoms with van der Waals surface area (Å²) >= 11 is 3.69. The van der Waals surface area contributed by atoms with E-state index in [4.69, 9.17) is 9.16 Å². The normalized spacial score (nSPS) is 17.0. The highest BCUT2D eigenvalue weighted by molar-refractivity contribution is 8.25. The van der Waals surface area contributed by atoms with Crippen molar-refractivity contribution in [1.82, 2.24) is 0 Å². The van der Waals surface area contributed by atoms with Crippen LogP contribution in [-0.4, -0.2) is 26.4 Å². The van der Waals surface area contributed by atoms with Gasteiger partial charge in [-0.2, -0.15) is 0 Å². The van der Waals surface area contributed by atoms with Crippen molar-refractivity contribution in [1.29, 1.82) is 0 Å². The minimum Gasteiger partial charge on any atom is -0.519 e. The second-order valence-electron chi connectivity index (χ2n) is 3.92. The molecule has 1 aliphatic rings. The number of rotatable bonds is 4. The van der Waals surface area contributed by atoms with Crippen molar-refractivity contribution in [2.45, 2.75) is 26.6 Å². The first kappa shape index (κ1) is 12.3. The van der Waals surface area contributed by atoms with Gasteiger partial charge in [-0.15, -0.1) is 23.5 Å². The van der Waals surface area contributed by atoms with Crippen LogP contribution in [0.3, 0.4) is 0 Å². The van der Waals surface area contributed by atoms with Gasteiger partial charge in [0.05, 0.1) is 6.61 Å². The van der Waals surface area contributed by atoms with E-state index in [0.717, 1.165) is 5.95 Å². The summed E-state index contributed by atoms with van der Waals surface area (Å²) in [6.07, 6.45) is 0. The van der Waals surface area contributed by atoms with Gasteiger partial charge in [-0.05, 0) is 26.6 Å². The van der Waals surface area contributed by atoms with E-state index < -0.39 is 8.32 Å². The Morgan fingerprint density at radius 3 is 2.29 bits per heavy atom. The third-order valence-electron chi connectivity index (χ3n) is 1.39. The van der Waals surface area contributed by atoms with E-state index >= 15 is 0 Å². The first-order chi connectivity index (χ1) is 6.53. The molecule has 1 rings (SSSR count). The van der Waals surface area contributed by atoms with Crippen molar-refractivity contribution in [3.8, 4) is 0 Å². The third-order valence-corrected chi connectivity index (χ3v) is 4.83. The SMILES string of the molecule is CCOC(O[Si](C)(C)C)=C1SCCS1. The van der Waals surface area contributed by atoms with Gasteiger partial charge in [-0.3, -0.25) is 0 Å². The molecular formula is C9H18O2S2Si. The minimum atomic E-state index is -1.53. The molecule has 1 saturated heterocycles. The number of hydrogen-bond donors (Lipinski definition) is 0. The van der Waals surface area contributed by atoms with E-state index in [1.807, 2.05) is 30.4 Å². The van der Waals surface area contributed by atoms with Crippen LogP contribution < -0.4 is 0 Å². The van der Waals surface area contributed by atoms with E-state index in [0.29, 0.717) is 6.61 Å². The fourth-order valence-electron chi connectivity index (χ4n) is 0.967. The summed E-state index contributed by atoms with van der Waals surface area (Å²) in [5.41, 5.74) is 0. The number of hydrogen-bond acceptors (Lipinski definition) is 4. The lowest BCUT2D eigenvalue weighted by atomic mass is 10.8. The summed E-state index contributed by atoms with van der Waals surface area (Å²) in [6, 6.07) is 0. The summed E-state index contributed by atoms with van der Waals surface area (Å²) in [4.78, 5) is 0. The largest absolute Gasteiger partial charge is 0.519 e. The Bertz CT molecular complexity index is 215. The molecule has 5 heteroatoms. The summed E-state index contributed by atoms with van der Waals surface area (Å²) in [7, 11) is -1.53. The predicted molar refractivity (Wildman–Crippen MR) is 68.0 cm³/mol. The van der Waals surface area contributed by atoms with Gasteiger partial charge in [0.1, 0.15) is 4.24 Å². The molecule has 0 spiro atoms. The van der Waals surface area contributed by atoms with E-state index in [1.165, 1.54) is 15.7 Å². The zero-order valence-electron chi connectivity index (χ0n) is 9.25. The maximum atomic E-state index is 5.92. The highest BCUT2D eigenvalue weighted by Crippen LogP contribution is 2.39. The summed E-state index contributed by atoms with van der Waals surface area (Å²) < 4.78 is 12.7. The summed E-state index contributed by atoms with van der Waals surface area (Å²) in [5.74, 6) is 3.12. The highest BCUT2D eigenvalue weighted by atomic mass is 32.2. The monoisotopic (exact) mass is 250 g/mol. The van der Waals surface area contributed by atoms with E-state index in [1.54, 1.807) is 0 Å². The first-order valence-corrected chi connectivity index (χ1v) is 10.2. The van der Waals surface area contributed by atoms with Gasteiger partial charge < -0.3 is 9.16 Å². The van der Waals surface area contributed by atoms with Crippen molar-refractivity contribution in [3.63, 3.8) is 0 Å². The van der Waals surface area contributed by atoms with Crippen LogP contribution in [0.4, 0.5) is 0 Å². The van der Waals surface area contributed by atoms with Crippen molar-refractivity contribution >= 4 is 31.8 Å². The Hall–Kier alpha value is 0.257. The van der Waals surface area contributed by atoms with Gasteiger partial charge in [-0.25, -0.2) is 0 Å². The molecule has 0 atom stereocenters. The second-order valence-corrected chi connectivity index (χ2v) is 10.8. The first-order valence-electron chi connectivity index (χ1n) is 4.84. The molecule has 0 radical (unpaired) electrons. The van der Waals surface area contributed by atoms with Gasteiger partial charge >= 0.3 is 0 Å². The number of ether oxygens (including phenoxy) is 1. The van der Waals surface area contributed by atoms with Crippen LogP contribution in [0.1, 0.15) is 6.92 Å². The maximum Gasteiger partial charge on any atom is 0.286 e. The van der Waals surface area contributed by atoms with Crippen molar-refractivity contribution < 1.29 is 9.16 Å². The minimum absolute atomic E-state index is 0.685. The van der Waals surface area contributed by atoms with Crippen LogP contribution in [0.15, 0.2) is 10.2 Å². The molecule has 0 aromatic rings. The van der Waals surface area contributed by atoms with Gasteiger partial charge in [-0.1, -0.05) is 0 Å². The van der Waals surface area contributed by atoms with Gasteiger partial charge in [0.15, 0.2) is 0 Å². The van der Waals surface area contributed by atoms with Crippen LogP contribution in [0, 0.1) is 0 Å². The molecule has 0 saturated carbocycles. The molecule has 2 nitrogen and oxygen atoms in total. The molecule has 1 fully saturated rings. The Labute approximate surface area is 95.9 Å². The molecule has 82 valence electrons. The molecule has 0 aliphatic carbocycles. The maximum absolute atomic E-state index is 5.92. The van der Waals surface area contributed by atoms with Crippen LogP contribution in [-0.2, 0) is 9.16 Å². The topological polar surface area (TPSA) is 18.5 Å². The molecule has 0 amide bonds. The standard InChI is InChI=1S/C9H18O2S2Si/c1-5-10-8(11-14(2,3)4)9-12-6-7-13-9/h5-7H2,1-4H3. The van der Waals surface area contributed by atoms with Crippen molar-refractivity contribution in [2.75, 3.05) is 18.1 Å². The Kier molecular flexibility index (Phi) is 4.73. The van der Waals surface area contributed by atoms with Crippen molar-refractivity contribution in [2.24, 2.45) is 0 Å². The molecular weight excluding hydrogens is 232 g/mol. The third kappa shape index (κ3) is 4.19. The van der Waals surface area contributed by atoms with Crippen LogP contribution in [0.25, 0.3) is 0 Å². The van der Waals surface area contributed by atoms with E-state index in [-0.39, 0.29) is 0 Å².